The van der Waals surface area contributed by atoms with Crippen molar-refractivity contribution in [3.05, 3.63) is 18.2 Å². The summed E-state index contributed by atoms with van der Waals surface area (Å²) in [6.07, 6.45) is 3.89. The van der Waals surface area contributed by atoms with Crippen LogP contribution in [0.15, 0.2) is 18.2 Å². The second-order valence-corrected chi connectivity index (χ2v) is 9.31. The Hall–Kier alpha value is -2.77. The first-order valence-corrected chi connectivity index (χ1v) is 11.7. The zero-order valence-electron chi connectivity index (χ0n) is 19.0. The molecule has 3 aliphatic heterocycles. The SMILES string of the molecule is CC(C)C[C@H](NC(=O)[C@H]1CC(=O)N(c2ccc3c(c2)OCCO3)C1)C(=O)N1CCCCC1. The standard InChI is InChI=1S/C24H33N3O5/c1-16(2)12-19(24(30)26-8-4-3-5-9-26)25-23(29)17-13-22(28)27(15-17)18-6-7-20-21(14-18)32-11-10-31-20/h6-7,14,16-17,19H,3-5,8-13,15H2,1-2H3,(H,25,29)/t17-,19-/m0/s1. The van der Waals surface area contributed by atoms with E-state index in [1.807, 2.05) is 24.8 Å². The molecule has 2 saturated heterocycles. The summed E-state index contributed by atoms with van der Waals surface area (Å²) in [5.74, 6) is 0.721. The predicted octanol–water partition coefficient (Wildman–Crippen LogP) is 2.35. The van der Waals surface area contributed by atoms with Gasteiger partial charge in [0.25, 0.3) is 0 Å². The zero-order valence-corrected chi connectivity index (χ0v) is 19.0. The van der Waals surface area contributed by atoms with E-state index in [0.717, 1.165) is 32.4 Å². The Kier molecular flexibility index (Phi) is 6.86. The largest absolute Gasteiger partial charge is 0.486 e. The molecule has 4 rings (SSSR count). The maximum Gasteiger partial charge on any atom is 0.245 e. The number of hydrogen-bond donors (Lipinski definition) is 1. The third kappa shape index (κ3) is 5.00. The topological polar surface area (TPSA) is 88.2 Å². The monoisotopic (exact) mass is 443 g/mol. The molecule has 0 unspecified atom stereocenters. The average molecular weight is 444 g/mol. The Labute approximate surface area is 189 Å². The molecule has 0 spiro atoms. The minimum absolute atomic E-state index is 0.000217. The van der Waals surface area contributed by atoms with Crippen molar-refractivity contribution < 1.29 is 23.9 Å². The van der Waals surface area contributed by atoms with Gasteiger partial charge >= 0.3 is 0 Å². The lowest BCUT2D eigenvalue weighted by Crippen LogP contribution is -2.51. The summed E-state index contributed by atoms with van der Waals surface area (Å²) in [5, 5.41) is 2.98. The van der Waals surface area contributed by atoms with Crippen LogP contribution in [0.5, 0.6) is 11.5 Å². The summed E-state index contributed by atoms with van der Waals surface area (Å²) in [6, 6.07) is 4.85. The van der Waals surface area contributed by atoms with E-state index in [0.29, 0.717) is 36.8 Å². The molecule has 3 aliphatic rings. The summed E-state index contributed by atoms with van der Waals surface area (Å²) in [6.45, 7) is 6.86. The molecule has 3 amide bonds. The smallest absolute Gasteiger partial charge is 0.245 e. The lowest BCUT2D eigenvalue weighted by molar-refractivity contribution is -0.138. The highest BCUT2D eigenvalue weighted by Crippen LogP contribution is 2.36. The van der Waals surface area contributed by atoms with E-state index in [1.165, 1.54) is 0 Å². The number of hydrogen-bond acceptors (Lipinski definition) is 5. The van der Waals surface area contributed by atoms with Crippen LogP contribution in [-0.4, -0.2) is 61.5 Å². The summed E-state index contributed by atoms with van der Waals surface area (Å²) in [4.78, 5) is 42.3. The first-order chi connectivity index (χ1) is 15.4. The van der Waals surface area contributed by atoms with Crippen molar-refractivity contribution in [1.29, 1.82) is 0 Å². The maximum atomic E-state index is 13.1. The number of carbonyl (C=O) groups is 3. The van der Waals surface area contributed by atoms with E-state index in [9.17, 15) is 14.4 Å². The molecular weight excluding hydrogens is 410 g/mol. The van der Waals surface area contributed by atoms with Crippen molar-refractivity contribution in [3.8, 4) is 11.5 Å². The quantitative estimate of drug-likeness (QED) is 0.729. The first kappa shape index (κ1) is 22.4. The van der Waals surface area contributed by atoms with Gasteiger partial charge in [0.1, 0.15) is 19.3 Å². The molecule has 2 atom stereocenters. The minimum Gasteiger partial charge on any atom is -0.486 e. The molecule has 0 aromatic heterocycles. The molecule has 3 heterocycles. The number of piperidine rings is 1. The molecule has 1 aromatic rings. The molecule has 2 fully saturated rings. The lowest BCUT2D eigenvalue weighted by Gasteiger charge is -2.31. The number of likely N-dealkylation sites (tertiary alicyclic amines) is 1. The van der Waals surface area contributed by atoms with Gasteiger partial charge in [0.05, 0.1) is 5.92 Å². The molecule has 8 heteroatoms. The number of nitrogens with one attached hydrogen (secondary N) is 1. The summed E-state index contributed by atoms with van der Waals surface area (Å²) in [5.41, 5.74) is 0.692. The number of nitrogens with zero attached hydrogens (tertiary/aromatic N) is 2. The third-order valence-corrected chi connectivity index (χ3v) is 6.32. The van der Waals surface area contributed by atoms with Crippen LogP contribution >= 0.6 is 0 Å². The Balaban J connectivity index is 1.42. The fourth-order valence-corrected chi connectivity index (χ4v) is 4.65. The van der Waals surface area contributed by atoms with Crippen molar-refractivity contribution >= 4 is 23.4 Å². The normalized spacial score (nSPS) is 21.6. The Morgan fingerprint density at radius 1 is 1.09 bits per heavy atom. The minimum atomic E-state index is -0.543. The Morgan fingerprint density at radius 3 is 2.53 bits per heavy atom. The molecule has 0 radical (unpaired) electrons. The van der Waals surface area contributed by atoms with Crippen LogP contribution in [0, 0.1) is 11.8 Å². The highest BCUT2D eigenvalue weighted by Gasteiger charge is 2.37. The van der Waals surface area contributed by atoms with Gasteiger partial charge < -0.3 is 24.6 Å². The van der Waals surface area contributed by atoms with Crippen molar-refractivity contribution in [2.75, 3.05) is 37.7 Å². The van der Waals surface area contributed by atoms with E-state index >= 15 is 0 Å². The van der Waals surface area contributed by atoms with Crippen molar-refractivity contribution in [2.24, 2.45) is 11.8 Å². The van der Waals surface area contributed by atoms with Gasteiger partial charge in [-0.3, -0.25) is 14.4 Å². The number of anilines is 1. The third-order valence-electron chi connectivity index (χ3n) is 6.32. The maximum absolute atomic E-state index is 13.1. The van der Waals surface area contributed by atoms with Gasteiger partial charge in [-0.2, -0.15) is 0 Å². The van der Waals surface area contributed by atoms with Crippen molar-refractivity contribution in [1.82, 2.24) is 10.2 Å². The lowest BCUT2D eigenvalue weighted by atomic mass is 9.99. The highest BCUT2D eigenvalue weighted by molar-refractivity contribution is 6.01. The number of fused-ring (bicyclic) bond motifs is 1. The van der Waals surface area contributed by atoms with Crippen LogP contribution in [0.4, 0.5) is 5.69 Å². The zero-order chi connectivity index (χ0) is 22.7. The Morgan fingerprint density at radius 2 is 1.81 bits per heavy atom. The number of amides is 3. The fourth-order valence-electron chi connectivity index (χ4n) is 4.65. The van der Waals surface area contributed by atoms with Gasteiger partial charge in [-0.25, -0.2) is 0 Å². The van der Waals surface area contributed by atoms with Crippen LogP contribution in [-0.2, 0) is 14.4 Å². The summed E-state index contributed by atoms with van der Waals surface area (Å²) < 4.78 is 11.2. The van der Waals surface area contributed by atoms with Gasteiger partial charge in [0.15, 0.2) is 11.5 Å². The van der Waals surface area contributed by atoms with E-state index in [2.05, 4.69) is 5.32 Å². The molecule has 8 nitrogen and oxygen atoms in total. The molecule has 174 valence electrons. The second kappa shape index (κ2) is 9.79. The highest BCUT2D eigenvalue weighted by atomic mass is 16.6. The second-order valence-electron chi connectivity index (χ2n) is 9.31. The van der Waals surface area contributed by atoms with Crippen molar-refractivity contribution in [3.63, 3.8) is 0 Å². The van der Waals surface area contributed by atoms with Gasteiger partial charge in [-0.1, -0.05) is 13.8 Å². The molecule has 1 aromatic carbocycles. The molecule has 0 bridgehead atoms. The van der Waals surface area contributed by atoms with Gasteiger partial charge in [-0.15, -0.1) is 0 Å². The number of rotatable bonds is 6. The predicted molar refractivity (Wildman–Crippen MR) is 120 cm³/mol. The summed E-state index contributed by atoms with van der Waals surface area (Å²) in [7, 11) is 0. The molecule has 0 saturated carbocycles. The van der Waals surface area contributed by atoms with Gasteiger partial charge in [-0.05, 0) is 43.7 Å². The Bertz CT molecular complexity index is 865. The first-order valence-electron chi connectivity index (χ1n) is 11.7. The van der Waals surface area contributed by atoms with Crippen LogP contribution in [0.3, 0.4) is 0 Å². The van der Waals surface area contributed by atoms with Gasteiger partial charge in [0, 0.05) is 37.8 Å². The van der Waals surface area contributed by atoms with Crippen LogP contribution < -0.4 is 19.7 Å². The molecule has 32 heavy (non-hydrogen) atoms. The van der Waals surface area contributed by atoms with E-state index in [1.54, 1.807) is 17.0 Å². The van der Waals surface area contributed by atoms with E-state index in [4.69, 9.17) is 9.47 Å². The molecule has 1 N–H and O–H groups in total. The van der Waals surface area contributed by atoms with Crippen molar-refractivity contribution in [2.45, 2.75) is 52.0 Å². The van der Waals surface area contributed by atoms with Crippen LogP contribution in [0.2, 0.25) is 0 Å². The number of carbonyl (C=O) groups excluding carboxylic acids is 3. The fraction of sp³-hybridized carbons (Fsp3) is 0.625. The molecule has 0 aliphatic carbocycles. The van der Waals surface area contributed by atoms with Crippen LogP contribution in [0.1, 0.15) is 46.0 Å². The molecular formula is C24H33N3O5. The number of ether oxygens (including phenoxy) is 2. The van der Waals surface area contributed by atoms with E-state index in [-0.39, 0.29) is 36.6 Å². The average Bonchev–Trinajstić information content (AvgIpc) is 3.20. The van der Waals surface area contributed by atoms with Gasteiger partial charge in [0.2, 0.25) is 17.7 Å². The summed E-state index contributed by atoms with van der Waals surface area (Å²) >= 11 is 0. The number of benzene rings is 1. The van der Waals surface area contributed by atoms with E-state index < -0.39 is 12.0 Å². The van der Waals surface area contributed by atoms with Crippen LogP contribution in [0.25, 0.3) is 0 Å².